The molecule has 1 amide bonds. The molecule has 1 aromatic rings. The highest BCUT2D eigenvalue weighted by atomic mass is 35.5. The van der Waals surface area contributed by atoms with E-state index in [1.54, 1.807) is 17.0 Å². The first-order valence-corrected chi connectivity index (χ1v) is 11.4. The third kappa shape index (κ3) is 6.40. The molecule has 8 heteroatoms. The quantitative estimate of drug-likeness (QED) is 0.462. The zero-order valence-corrected chi connectivity index (χ0v) is 19.7. The number of pyridine rings is 1. The van der Waals surface area contributed by atoms with Crippen molar-refractivity contribution in [2.45, 2.75) is 78.3 Å². The molecule has 0 radical (unpaired) electrons. The van der Waals surface area contributed by atoms with E-state index in [1.165, 1.54) is 0 Å². The summed E-state index contributed by atoms with van der Waals surface area (Å²) in [5, 5.41) is 0.187. The highest BCUT2D eigenvalue weighted by molar-refractivity contribution is 6.33. The van der Waals surface area contributed by atoms with Crippen molar-refractivity contribution in [3.8, 4) is 0 Å². The third-order valence-electron chi connectivity index (χ3n) is 5.77. The second-order valence-corrected chi connectivity index (χ2v) is 9.96. The number of aromatic nitrogens is 1. The van der Waals surface area contributed by atoms with Gasteiger partial charge in [-0.1, -0.05) is 18.5 Å². The molecule has 7 nitrogen and oxygen atoms in total. The number of halogens is 1. The van der Waals surface area contributed by atoms with Crippen LogP contribution < -0.4 is 0 Å². The molecule has 3 rings (SSSR count). The van der Waals surface area contributed by atoms with E-state index in [1.807, 2.05) is 27.7 Å². The van der Waals surface area contributed by atoms with Crippen molar-refractivity contribution in [1.82, 2.24) is 9.88 Å². The largest absolute Gasteiger partial charge is 0.444 e. The minimum Gasteiger partial charge on any atom is -0.444 e. The van der Waals surface area contributed by atoms with E-state index in [4.69, 9.17) is 25.8 Å². The number of likely N-dealkylation sites (tertiary alicyclic amines) is 1. The molecule has 0 bridgehead atoms. The number of ketones is 1. The topological polar surface area (TPSA) is 78.0 Å². The Kier molecular flexibility index (Phi) is 7.60. The summed E-state index contributed by atoms with van der Waals surface area (Å²) < 4.78 is 16.8. The van der Waals surface area contributed by atoms with Crippen molar-refractivity contribution in [3.63, 3.8) is 0 Å². The van der Waals surface area contributed by atoms with Crippen LogP contribution in [0, 0.1) is 5.41 Å². The van der Waals surface area contributed by atoms with Crippen molar-refractivity contribution in [2.24, 2.45) is 5.41 Å². The van der Waals surface area contributed by atoms with Gasteiger partial charge in [0.15, 0.2) is 12.1 Å². The highest BCUT2D eigenvalue weighted by Crippen LogP contribution is 2.36. The van der Waals surface area contributed by atoms with Crippen LogP contribution in [0.3, 0.4) is 0 Å². The Hall–Kier alpha value is -1.70. The minimum absolute atomic E-state index is 0.0445. The second kappa shape index (κ2) is 9.84. The Balaban J connectivity index is 1.58. The maximum Gasteiger partial charge on any atom is 0.410 e. The van der Waals surface area contributed by atoms with Crippen molar-refractivity contribution in [3.05, 3.63) is 28.5 Å². The molecule has 2 aliphatic rings. The zero-order valence-electron chi connectivity index (χ0n) is 18.9. The zero-order chi connectivity index (χ0) is 22.6. The summed E-state index contributed by atoms with van der Waals surface area (Å²) in [4.78, 5) is 31.6. The van der Waals surface area contributed by atoms with E-state index in [0.717, 1.165) is 25.9 Å². The number of hydrogen-bond donors (Lipinski definition) is 0. The van der Waals surface area contributed by atoms with Crippen molar-refractivity contribution >= 4 is 23.5 Å². The first kappa shape index (κ1) is 24.0. The standard InChI is InChI=1S/C23H33ClN2O5/c1-22(2,3)31-21(28)26-12-10-23(4,11-13-26)19(27)17-9-8-16(25-20(17)24)15-30-18-7-5-6-14-29-18/h8-9,18H,5-7,10-15H2,1-4H3. The van der Waals surface area contributed by atoms with Gasteiger partial charge in [0, 0.05) is 25.1 Å². The van der Waals surface area contributed by atoms with E-state index in [0.29, 0.717) is 43.8 Å². The van der Waals surface area contributed by atoms with Gasteiger partial charge in [0.1, 0.15) is 10.8 Å². The Morgan fingerprint density at radius 2 is 1.97 bits per heavy atom. The first-order valence-electron chi connectivity index (χ1n) is 11.0. The van der Waals surface area contributed by atoms with Crippen molar-refractivity contribution < 1.29 is 23.8 Å². The number of Topliss-reactive ketones (excluding diaryl/α,β-unsaturated/α-hetero) is 1. The summed E-state index contributed by atoms with van der Waals surface area (Å²) in [6.07, 6.45) is 3.59. The molecular formula is C23H33ClN2O5. The van der Waals surface area contributed by atoms with Crippen LogP contribution in [0.4, 0.5) is 4.79 Å². The van der Waals surface area contributed by atoms with Crippen molar-refractivity contribution in [1.29, 1.82) is 0 Å². The number of nitrogens with zero attached hydrogens (tertiary/aromatic N) is 2. The molecule has 0 aromatic carbocycles. The van der Waals surface area contributed by atoms with Gasteiger partial charge in [-0.3, -0.25) is 4.79 Å². The van der Waals surface area contributed by atoms with E-state index in [9.17, 15) is 9.59 Å². The molecule has 31 heavy (non-hydrogen) atoms. The molecule has 0 N–H and O–H groups in total. The molecule has 0 saturated carbocycles. The predicted molar refractivity (Wildman–Crippen MR) is 117 cm³/mol. The lowest BCUT2D eigenvalue weighted by Gasteiger charge is -2.38. The van der Waals surface area contributed by atoms with Gasteiger partial charge in [0.2, 0.25) is 0 Å². The molecule has 1 aromatic heterocycles. The van der Waals surface area contributed by atoms with Crippen LogP contribution in [0.2, 0.25) is 5.15 Å². The fourth-order valence-electron chi connectivity index (χ4n) is 3.80. The van der Waals surface area contributed by atoms with E-state index < -0.39 is 11.0 Å². The Morgan fingerprint density at radius 3 is 2.55 bits per heavy atom. The summed E-state index contributed by atoms with van der Waals surface area (Å²) in [5.41, 5.74) is -0.0627. The summed E-state index contributed by atoms with van der Waals surface area (Å²) in [6, 6.07) is 3.50. The lowest BCUT2D eigenvalue weighted by molar-refractivity contribution is -0.169. The van der Waals surface area contributed by atoms with Gasteiger partial charge in [-0.05, 0) is 65.0 Å². The van der Waals surface area contributed by atoms with Gasteiger partial charge in [0.25, 0.3) is 0 Å². The van der Waals surface area contributed by atoms with Crippen LogP contribution in [-0.2, 0) is 20.8 Å². The lowest BCUT2D eigenvalue weighted by atomic mass is 9.75. The van der Waals surface area contributed by atoms with Crippen LogP contribution in [0.15, 0.2) is 12.1 Å². The van der Waals surface area contributed by atoms with Gasteiger partial charge in [0.05, 0.1) is 17.9 Å². The molecule has 2 aliphatic heterocycles. The van der Waals surface area contributed by atoms with E-state index >= 15 is 0 Å². The van der Waals surface area contributed by atoms with Gasteiger partial charge in [-0.15, -0.1) is 0 Å². The smallest absolute Gasteiger partial charge is 0.410 e. The molecule has 0 spiro atoms. The molecule has 172 valence electrons. The second-order valence-electron chi connectivity index (χ2n) is 9.61. The SMILES string of the molecule is CC(C)(C)OC(=O)N1CCC(C)(C(=O)c2ccc(COC3CCCCO3)nc2Cl)CC1. The fourth-order valence-corrected chi connectivity index (χ4v) is 4.06. The molecule has 1 unspecified atom stereocenters. The number of piperidine rings is 1. The molecule has 2 fully saturated rings. The van der Waals surface area contributed by atoms with Crippen LogP contribution in [0.25, 0.3) is 0 Å². The Labute approximate surface area is 189 Å². The molecule has 2 saturated heterocycles. The van der Waals surface area contributed by atoms with Crippen LogP contribution >= 0.6 is 11.6 Å². The lowest BCUT2D eigenvalue weighted by Crippen LogP contribution is -2.46. The maximum atomic E-state index is 13.3. The molecule has 3 heterocycles. The highest BCUT2D eigenvalue weighted by Gasteiger charge is 2.40. The molecule has 1 atom stereocenters. The number of carbonyl (C=O) groups is 2. The monoisotopic (exact) mass is 452 g/mol. The van der Waals surface area contributed by atoms with Gasteiger partial charge in [-0.25, -0.2) is 9.78 Å². The Bertz CT molecular complexity index is 794. The summed E-state index contributed by atoms with van der Waals surface area (Å²) in [5.74, 6) is -0.0445. The van der Waals surface area contributed by atoms with Gasteiger partial charge < -0.3 is 19.1 Å². The maximum absolute atomic E-state index is 13.3. The minimum atomic E-state index is -0.599. The molecular weight excluding hydrogens is 420 g/mol. The average Bonchev–Trinajstić information content (AvgIpc) is 2.72. The number of rotatable bonds is 5. The number of carbonyl (C=O) groups excluding carboxylic acids is 2. The average molecular weight is 453 g/mol. The normalized spacial score (nSPS) is 21.6. The predicted octanol–water partition coefficient (Wildman–Crippen LogP) is 5.00. The first-order chi connectivity index (χ1) is 14.6. The van der Waals surface area contributed by atoms with Crippen molar-refractivity contribution in [2.75, 3.05) is 19.7 Å². The summed E-state index contributed by atoms with van der Waals surface area (Å²) >= 11 is 6.38. The number of hydrogen-bond acceptors (Lipinski definition) is 6. The third-order valence-corrected chi connectivity index (χ3v) is 6.06. The van der Waals surface area contributed by atoms with Gasteiger partial charge >= 0.3 is 6.09 Å². The van der Waals surface area contributed by atoms with Crippen LogP contribution in [0.1, 0.15) is 75.9 Å². The van der Waals surface area contributed by atoms with Gasteiger partial charge in [-0.2, -0.15) is 0 Å². The number of ether oxygens (including phenoxy) is 3. The van der Waals surface area contributed by atoms with E-state index in [-0.39, 0.29) is 23.3 Å². The Morgan fingerprint density at radius 1 is 1.26 bits per heavy atom. The summed E-state index contributed by atoms with van der Waals surface area (Å²) in [7, 11) is 0. The summed E-state index contributed by atoms with van der Waals surface area (Å²) in [6.45, 7) is 9.40. The molecule has 0 aliphatic carbocycles. The van der Waals surface area contributed by atoms with Crippen LogP contribution in [-0.4, -0.2) is 53.3 Å². The number of amides is 1. The van der Waals surface area contributed by atoms with Crippen LogP contribution in [0.5, 0.6) is 0 Å². The van der Waals surface area contributed by atoms with E-state index in [2.05, 4.69) is 4.98 Å². The fraction of sp³-hybridized carbons (Fsp3) is 0.696.